The van der Waals surface area contributed by atoms with Crippen LogP contribution < -0.4 is 22.3 Å². The Labute approximate surface area is 102 Å². The third-order valence-electron chi connectivity index (χ3n) is 2.17. The van der Waals surface area contributed by atoms with E-state index in [0.29, 0.717) is 13.0 Å². The first kappa shape index (κ1) is 13.7. The summed E-state index contributed by atoms with van der Waals surface area (Å²) in [4.78, 5) is 45.0. The monoisotopic (exact) mass is 254 g/mol. The van der Waals surface area contributed by atoms with Crippen molar-refractivity contribution >= 4 is 11.9 Å². The van der Waals surface area contributed by atoms with Crippen LogP contribution in [0.1, 0.15) is 13.3 Å². The van der Waals surface area contributed by atoms with Crippen molar-refractivity contribution < 1.29 is 9.59 Å². The van der Waals surface area contributed by atoms with Gasteiger partial charge in [0.05, 0.1) is 0 Å². The molecule has 0 aliphatic rings. The zero-order valence-electron chi connectivity index (χ0n) is 9.88. The Kier molecular flexibility index (Phi) is 4.41. The Balaban J connectivity index is 3.05. The third-order valence-corrected chi connectivity index (χ3v) is 2.17. The molecule has 0 aliphatic heterocycles. The number of hydrogen-bond donors (Lipinski definition) is 2. The summed E-state index contributed by atoms with van der Waals surface area (Å²) in [6, 6.07) is 0.159. The summed E-state index contributed by atoms with van der Waals surface area (Å²) in [6.45, 7) is 1.78. The van der Waals surface area contributed by atoms with E-state index in [0.717, 1.165) is 4.57 Å². The molecule has 1 aromatic heterocycles. The van der Waals surface area contributed by atoms with Crippen LogP contribution in [0.4, 0.5) is 4.79 Å². The van der Waals surface area contributed by atoms with Crippen LogP contribution in [-0.4, -0.2) is 21.1 Å². The first-order valence-electron chi connectivity index (χ1n) is 5.35. The van der Waals surface area contributed by atoms with Gasteiger partial charge in [-0.2, -0.15) is 0 Å². The number of aryl methyl sites for hydroxylation is 1. The lowest BCUT2D eigenvalue weighted by Crippen LogP contribution is -2.45. The Morgan fingerprint density at radius 3 is 2.61 bits per heavy atom. The van der Waals surface area contributed by atoms with Crippen molar-refractivity contribution in [2.24, 2.45) is 5.73 Å². The van der Waals surface area contributed by atoms with Gasteiger partial charge in [-0.25, -0.2) is 9.59 Å². The van der Waals surface area contributed by atoms with Crippen LogP contribution in [0.5, 0.6) is 0 Å². The number of rotatable bonds is 4. The zero-order chi connectivity index (χ0) is 13.7. The van der Waals surface area contributed by atoms with Gasteiger partial charge in [0.15, 0.2) is 0 Å². The average molecular weight is 254 g/mol. The number of amides is 3. The third kappa shape index (κ3) is 3.30. The molecule has 18 heavy (non-hydrogen) atoms. The summed E-state index contributed by atoms with van der Waals surface area (Å²) in [6.07, 6.45) is 2.09. The molecule has 0 radical (unpaired) electrons. The highest BCUT2D eigenvalue weighted by molar-refractivity contribution is 5.93. The second kappa shape index (κ2) is 5.80. The molecular formula is C10H14N4O4. The van der Waals surface area contributed by atoms with Crippen molar-refractivity contribution in [1.29, 1.82) is 0 Å². The molecule has 0 unspecified atom stereocenters. The van der Waals surface area contributed by atoms with Crippen LogP contribution in [-0.2, 0) is 17.9 Å². The highest BCUT2D eigenvalue weighted by Crippen LogP contribution is 1.84. The predicted octanol–water partition coefficient (Wildman–Crippen LogP) is -1.39. The number of imide groups is 1. The fourth-order valence-corrected chi connectivity index (χ4v) is 1.43. The number of urea groups is 1. The Hall–Kier alpha value is -2.38. The summed E-state index contributed by atoms with van der Waals surface area (Å²) in [5.74, 6) is -0.809. The maximum absolute atomic E-state index is 11.8. The van der Waals surface area contributed by atoms with E-state index < -0.39 is 29.7 Å². The lowest BCUT2D eigenvalue weighted by atomic mass is 10.4. The molecular weight excluding hydrogens is 240 g/mol. The minimum absolute atomic E-state index is 0.441. The highest BCUT2D eigenvalue weighted by Gasteiger charge is 2.10. The molecule has 0 bridgehead atoms. The van der Waals surface area contributed by atoms with Crippen LogP contribution in [0, 0.1) is 0 Å². The van der Waals surface area contributed by atoms with Crippen LogP contribution in [0.25, 0.3) is 0 Å². The minimum Gasteiger partial charge on any atom is -0.351 e. The van der Waals surface area contributed by atoms with Gasteiger partial charge in [0.2, 0.25) is 5.91 Å². The van der Waals surface area contributed by atoms with Crippen molar-refractivity contribution in [1.82, 2.24) is 14.5 Å². The van der Waals surface area contributed by atoms with Gasteiger partial charge in [-0.05, 0) is 6.42 Å². The molecule has 0 aromatic carbocycles. The fraction of sp³-hybridized carbons (Fsp3) is 0.400. The van der Waals surface area contributed by atoms with Gasteiger partial charge in [-0.1, -0.05) is 6.92 Å². The van der Waals surface area contributed by atoms with Crippen molar-refractivity contribution in [3.63, 3.8) is 0 Å². The van der Waals surface area contributed by atoms with Crippen LogP contribution in [0.2, 0.25) is 0 Å². The van der Waals surface area contributed by atoms with Crippen LogP contribution in [0.15, 0.2) is 21.9 Å². The molecule has 1 heterocycles. The average Bonchev–Trinajstić information content (AvgIpc) is 2.27. The maximum Gasteiger partial charge on any atom is 0.331 e. The predicted molar refractivity (Wildman–Crippen MR) is 63.0 cm³/mol. The standard InChI is InChI=1S/C10H14N4O4/c1-2-4-13-5-3-8(16)14(10(13)18)6-7(15)12-9(11)17/h3,5H,2,4,6H2,1H3,(H3,11,12,15,17). The molecule has 1 aromatic rings. The number of nitrogens with two attached hydrogens (primary N) is 1. The van der Waals surface area contributed by atoms with E-state index in [4.69, 9.17) is 5.73 Å². The van der Waals surface area contributed by atoms with Crippen LogP contribution >= 0.6 is 0 Å². The fourth-order valence-electron chi connectivity index (χ4n) is 1.43. The molecule has 0 spiro atoms. The topological polar surface area (TPSA) is 116 Å². The molecule has 1 rings (SSSR count). The van der Waals surface area contributed by atoms with Crippen molar-refractivity contribution in [3.05, 3.63) is 33.1 Å². The van der Waals surface area contributed by atoms with E-state index in [1.54, 1.807) is 5.32 Å². The smallest absolute Gasteiger partial charge is 0.331 e. The Morgan fingerprint density at radius 2 is 2.06 bits per heavy atom. The summed E-state index contributed by atoms with van der Waals surface area (Å²) < 4.78 is 2.06. The van der Waals surface area contributed by atoms with Gasteiger partial charge in [0.1, 0.15) is 6.54 Å². The first-order chi connectivity index (χ1) is 8.45. The van der Waals surface area contributed by atoms with Gasteiger partial charge in [0.25, 0.3) is 5.56 Å². The zero-order valence-corrected chi connectivity index (χ0v) is 9.88. The van der Waals surface area contributed by atoms with E-state index in [9.17, 15) is 19.2 Å². The highest BCUT2D eigenvalue weighted by atomic mass is 16.2. The molecule has 3 amide bonds. The molecule has 8 nitrogen and oxygen atoms in total. The second-order valence-corrected chi connectivity index (χ2v) is 3.63. The minimum atomic E-state index is -1.03. The lowest BCUT2D eigenvalue weighted by Gasteiger charge is -2.08. The summed E-state index contributed by atoms with van der Waals surface area (Å²) in [5, 5.41) is 1.79. The number of nitrogens with zero attached hydrogens (tertiary/aromatic N) is 2. The number of aromatic nitrogens is 2. The molecule has 0 saturated carbocycles. The van der Waals surface area contributed by atoms with Gasteiger partial charge in [0, 0.05) is 18.8 Å². The molecule has 0 fully saturated rings. The van der Waals surface area contributed by atoms with Gasteiger partial charge < -0.3 is 10.3 Å². The lowest BCUT2D eigenvalue weighted by molar-refractivity contribution is -0.120. The molecule has 3 N–H and O–H groups in total. The molecule has 0 atom stereocenters. The summed E-state index contributed by atoms with van der Waals surface area (Å²) in [5.41, 5.74) is 3.56. The number of primary amides is 1. The van der Waals surface area contributed by atoms with Crippen molar-refractivity contribution in [2.45, 2.75) is 26.4 Å². The number of nitrogens with one attached hydrogen (secondary N) is 1. The van der Waals surface area contributed by atoms with E-state index in [1.165, 1.54) is 16.8 Å². The van der Waals surface area contributed by atoms with Gasteiger partial charge in [-0.15, -0.1) is 0 Å². The molecule has 0 saturated heterocycles. The Bertz CT molecular complexity index is 572. The van der Waals surface area contributed by atoms with Gasteiger partial charge in [-0.3, -0.25) is 19.5 Å². The van der Waals surface area contributed by atoms with Gasteiger partial charge >= 0.3 is 11.7 Å². The summed E-state index contributed by atoms with van der Waals surface area (Å²) in [7, 11) is 0. The quantitative estimate of drug-likeness (QED) is 0.688. The molecule has 8 heteroatoms. The number of carbonyl (C=O) groups excluding carboxylic acids is 2. The normalized spacial score (nSPS) is 10.1. The Morgan fingerprint density at radius 1 is 1.39 bits per heavy atom. The first-order valence-corrected chi connectivity index (χ1v) is 5.35. The summed E-state index contributed by atoms with van der Waals surface area (Å²) >= 11 is 0. The van der Waals surface area contributed by atoms with Crippen molar-refractivity contribution in [2.75, 3.05) is 0 Å². The largest absolute Gasteiger partial charge is 0.351 e. The van der Waals surface area contributed by atoms with E-state index in [2.05, 4.69) is 0 Å². The second-order valence-electron chi connectivity index (χ2n) is 3.63. The van der Waals surface area contributed by atoms with E-state index >= 15 is 0 Å². The van der Waals surface area contributed by atoms with E-state index in [-0.39, 0.29) is 0 Å². The van der Waals surface area contributed by atoms with Crippen LogP contribution in [0.3, 0.4) is 0 Å². The molecule has 0 aliphatic carbocycles. The van der Waals surface area contributed by atoms with E-state index in [1.807, 2.05) is 6.92 Å². The molecule has 98 valence electrons. The SMILES string of the molecule is CCCn1ccc(=O)n(CC(=O)NC(N)=O)c1=O. The number of hydrogen-bond acceptors (Lipinski definition) is 4. The maximum atomic E-state index is 11.8. The van der Waals surface area contributed by atoms with Crippen molar-refractivity contribution in [3.8, 4) is 0 Å². The number of carbonyl (C=O) groups is 2.